The lowest BCUT2D eigenvalue weighted by Gasteiger charge is -2.36. The first-order chi connectivity index (χ1) is 12.4. The molecule has 2 aromatic rings. The molecule has 1 heterocycles. The average molecular weight is 433 g/mol. The van der Waals surface area contributed by atoms with Gasteiger partial charge in [0, 0.05) is 37.7 Å². The van der Waals surface area contributed by atoms with Crippen molar-refractivity contribution in [3.63, 3.8) is 0 Å². The van der Waals surface area contributed by atoms with Crippen molar-refractivity contribution in [1.29, 1.82) is 0 Å². The first-order valence-corrected chi connectivity index (χ1v) is 9.64. The zero-order valence-corrected chi connectivity index (χ0v) is 16.9. The highest BCUT2D eigenvalue weighted by molar-refractivity contribution is 7.80. The molecule has 0 aromatic heterocycles. The van der Waals surface area contributed by atoms with Crippen LogP contribution in [0.25, 0.3) is 0 Å². The number of rotatable bonds is 3. The molecule has 1 saturated heterocycles. The predicted octanol–water partition coefficient (Wildman–Crippen LogP) is 5.30. The maximum atomic E-state index is 13.3. The van der Waals surface area contributed by atoms with Crippen LogP contribution in [0.5, 0.6) is 0 Å². The minimum Gasteiger partial charge on any atom is -0.346 e. The maximum Gasteiger partial charge on any atom is 0.173 e. The largest absolute Gasteiger partial charge is 0.346 e. The Morgan fingerprint density at radius 2 is 1.73 bits per heavy atom. The second-order valence-electron chi connectivity index (χ2n) is 6.07. The molecule has 0 aliphatic carbocycles. The van der Waals surface area contributed by atoms with E-state index in [2.05, 4.69) is 15.1 Å². The van der Waals surface area contributed by atoms with Crippen molar-refractivity contribution in [2.24, 2.45) is 0 Å². The highest BCUT2D eigenvalue weighted by atomic mass is 35.5. The predicted molar refractivity (Wildman–Crippen MR) is 111 cm³/mol. The number of nitrogens with zero attached hydrogens (tertiary/aromatic N) is 2. The molecule has 0 atom stereocenters. The Kier molecular flexibility index (Phi) is 6.59. The van der Waals surface area contributed by atoms with Gasteiger partial charge in [-0.15, -0.1) is 0 Å². The monoisotopic (exact) mass is 431 g/mol. The molecule has 0 bridgehead atoms. The van der Waals surface area contributed by atoms with Gasteiger partial charge < -0.3 is 10.2 Å². The summed E-state index contributed by atoms with van der Waals surface area (Å²) in [7, 11) is 0. The molecule has 1 aliphatic heterocycles. The molecule has 138 valence electrons. The zero-order valence-electron chi connectivity index (χ0n) is 13.8. The maximum absolute atomic E-state index is 13.3. The lowest BCUT2D eigenvalue weighted by molar-refractivity contribution is 0.177. The van der Waals surface area contributed by atoms with E-state index in [1.165, 1.54) is 6.07 Å². The van der Waals surface area contributed by atoms with Crippen molar-refractivity contribution in [2.75, 3.05) is 31.5 Å². The van der Waals surface area contributed by atoms with Crippen LogP contribution in [0.1, 0.15) is 5.56 Å². The van der Waals surface area contributed by atoms with E-state index in [9.17, 15) is 4.39 Å². The highest BCUT2D eigenvalue weighted by Gasteiger charge is 2.20. The molecular formula is C18H17Cl3FN3S. The van der Waals surface area contributed by atoms with Crippen LogP contribution in [0.2, 0.25) is 15.1 Å². The number of benzene rings is 2. The summed E-state index contributed by atoms with van der Waals surface area (Å²) in [6, 6.07) is 10.1. The van der Waals surface area contributed by atoms with E-state index in [1.54, 1.807) is 30.3 Å². The summed E-state index contributed by atoms with van der Waals surface area (Å²) in [5, 5.41) is 5.12. The number of halogens is 4. The minimum absolute atomic E-state index is 0.157. The van der Waals surface area contributed by atoms with E-state index in [4.69, 9.17) is 47.0 Å². The third kappa shape index (κ3) is 4.99. The Labute approximate surface area is 172 Å². The van der Waals surface area contributed by atoms with Gasteiger partial charge in [0.2, 0.25) is 0 Å². The fourth-order valence-corrected chi connectivity index (χ4v) is 3.63. The summed E-state index contributed by atoms with van der Waals surface area (Å²) >= 11 is 23.5. The lowest BCUT2D eigenvalue weighted by atomic mass is 10.2. The first kappa shape index (κ1) is 19.6. The quantitative estimate of drug-likeness (QED) is 0.663. The molecule has 1 aliphatic rings. The third-order valence-corrected chi connectivity index (χ3v) is 5.43. The number of thiocarbonyl (C=S) groups is 1. The van der Waals surface area contributed by atoms with E-state index in [-0.39, 0.29) is 5.02 Å². The molecule has 2 aromatic carbocycles. The smallest absolute Gasteiger partial charge is 0.173 e. The molecule has 0 saturated carbocycles. The van der Waals surface area contributed by atoms with E-state index < -0.39 is 5.82 Å². The molecular weight excluding hydrogens is 416 g/mol. The van der Waals surface area contributed by atoms with Crippen molar-refractivity contribution in [3.8, 4) is 0 Å². The van der Waals surface area contributed by atoms with Gasteiger partial charge in [0.15, 0.2) is 5.11 Å². The Morgan fingerprint density at radius 3 is 2.42 bits per heavy atom. The van der Waals surface area contributed by atoms with Gasteiger partial charge in [0.05, 0.1) is 15.7 Å². The fourth-order valence-electron chi connectivity index (χ4n) is 2.79. The van der Waals surface area contributed by atoms with Gasteiger partial charge in [0.1, 0.15) is 5.82 Å². The highest BCUT2D eigenvalue weighted by Crippen LogP contribution is 2.26. The number of nitrogens with one attached hydrogen (secondary N) is 1. The summed E-state index contributed by atoms with van der Waals surface area (Å²) in [6.45, 7) is 4.01. The van der Waals surface area contributed by atoms with E-state index in [0.717, 1.165) is 38.3 Å². The molecule has 0 unspecified atom stereocenters. The van der Waals surface area contributed by atoms with Gasteiger partial charge in [-0.2, -0.15) is 0 Å². The summed E-state index contributed by atoms with van der Waals surface area (Å²) in [5.41, 5.74) is 1.70. The third-order valence-electron chi connectivity index (χ3n) is 4.22. The lowest BCUT2D eigenvalue weighted by Crippen LogP contribution is -2.49. The molecule has 3 nitrogen and oxygen atoms in total. The molecule has 8 heteroatoms. The van der Waals surface area contributed by atoms with E-state index >= 15 is 0 Å². The van der Waals surface area contributed by atoms with E-state index in [1.807, 2.05) is 0 Å². The van der Waals surface area contributed by atoms with Crippen LogP contribution in [0.4, 0.5) is 10.1 Å². The van der Waals surface area contributed by atoms with Crippen LogP contribution >= 0.6 is 47.0 Å². The SMILES string of the molecule is Fc1ccc(CN2CCN(C(=S)Nc3cc(Cl)ccc3Cl)CC2)cc1Cl. The Balaban J connectivity index is 1.53. The van der Waals surface area contributed by atoms with Crippen molar-refractivity contribution in [1.82, 2.24) is 9.80 Å². The van der Waals surface area contributed by atoms with Crippen molar-refractivity contribution >= 4 is 57.8 Å². The van der Waals surface area contributed by atoms with Gasteiger partial charge >= 0.3 is 0 Å². The average Bonchev–Trinajstić information content (AvgIpc) is 2.62. The van der Waals surface area contributed by atoms with Crippen LogP contribution in [-0.4, -0.2) is 41.1 Å². The molecule has 0 radical (unpaired) electrons. The Morgan fingerprint density at radius 1 is 1.00 bits per heavy atom. The summed E-state index contributed by atoms with van der Waals surface area (Å²) in [6.07, 6.45) is 0. The van der Waals surface area contributed by atoms with Gasteiger partial charge in [-0.05, 0) is 48.1 Å². The number of anilines is 1. The van der Waals surface area contributed by atoms with Crippen molar-refractivity contribution < 1.29 is 4.39 Å². The Bertz CT molecular complexity index is 810. The molecule has 0 spiro atoms. The topological polar surface area (TPSA) is 18.5 Å². The van der Waals surface area contributed by atoms with Crippen LogP contribution in [0.3, 0.4) is 0 Å². The van der Waals surface area contributed by atoms with E-state index in [0.29, 0.717) is 20.8 Å². The second kappa shape index (κ2) is 8.72. The van der Waals surface area contributed by atoms with Gasteiger partial charge in [0.25, 0.3) is 0 Å². The second-order valence-corrected chi connectivity index (χ2v) is 7.70. The standard InChI is InChI=1S/C18H17Cl3FN3S/c19-13-2-3-14(20)17(10-13)23-18(26)25-7-5-24(6-8-25)11-12-1-4-16(22)15(21)9-12/h1-4,9-10H,5-8,11H2,(H,23,26). The first-order valence-electron chi connectivity index (χ1n) is 8.09. The van der Waals surface area contributed by atoms with Crippen LogP contribution in [-0.2, 0) is 6.54 Å². The number of hydrogen-bond acceptors (Lipinski definition) is 2. The number of hydrogen-bond donors (Lipinski definition) is 1. The molecule has 26 heavy (non-hydrogen) atoms. The summed E-state index contributed by atoms with van der Waals surface area (Å²) < 4.78 is 13.3. The molecule has 0 amide bonds. The minimum atomic E-state index is -0.392. The molecule has 1 N–H and O–H groups in total. The summed E-state index contributed by atoms with van der Waals surface area (Å²) in [5.74, 6) is -0.392. The van der Waals surface area contributed by atoms with Crippen LogP contribution in [0, 0.1) is 5.82 Å². The van der Waals surface area contributed by atoms with Crippen LogP contribution in [0.15, 0.2) is 36.4 Å². The molecule has 1 fully saturated rings. The van der Waals surface area contributed by atoms with Gasteiger partial charge in [-0.25, -0.2) is 4.39 Å². The normalized spacial score (nSPS) is 15.2. The molecule has 3 rings (SSSR count). The van der Waals surface area contributed by atoms with Crippen molar-refractivity contribution in [3.05, 3.63) is 62.8 Å². The van der Waals surface area contributed by atoms with Crippen LogP contribution < -0.4 is 5.32 Å². The zero-order chi connectivity index (χ0) is 18.7. The summed E-state index contributed by atoms with van der Waals surface area (Å²) in [4.78, 5) is 4.38. The Hall–Kier alpha value is -1.11. The van der Waals surface area contributed by atoms with Gasteiger partial charge in [-0.3, -0.25) is 4.90 Å². The fraction of sp³-hybridized carbons (Fsp3) is 0.278. The van der Waals surface area contributed by atoms with Gasteiger partial charge in [-0.1, -0.05) is 40.9 Å². The van der Waals surface area contributed by atoms with Crippen molar-refractivity contribution in [2.45, 2.75) is 6.54 Å². The number of piperazine rings is 1.